The number of carbonyl (C=O) groups is 1. The van der Waals surface area contributed by atoms with Crippen molar-refractivity contribution < 1.29 is 9.18 Å². The van der Waals surface area contributed by atoms with Crippen LogP contribution in [0.2, 0.25) is 0 Å². The van der Waals surface area contributed by atoms with Gasteiger partial charge in [0.1, 0.15) is 6.04 Å². The van der Waals surface area contributed by atoms with Gasteiger partial charge in [0, 0.05) is 0 Å². The number of carbonyl (C=O) groups excluding carboxylic acids is 1. The van der Waals surface area contributed by atoms with Gasteiger partial charge in [0.25, 0.3) is 0 Å². The first-order chi connectivity index (χ1) is 3.18. The molecule has 0 aromatic carbocycles. The standard InChI is InChI=1S/C3H6FNOS/c1-2(5-7)3(4)6/h2,5,7H,1H3. The summed E-state index contributed by atoms with van der Waals surface area (Å²) in [7, 11) is 0. The van der Waals surface area contributed by atoms with Crippen LogP contribution in [0, 0.1) is 0 Å². The normalized spacial score (nSPS) is 13.6. The molecule has 0 amide bonds. The van der Waals surface area contributed by atoms with Crippen molar-refractivity contribution in [1.29, 1.82) is 0 Å². The molecule has 42 valence electrons. The van der Waals surface area contributed by atoms with E-state index in [-0.39, 0.29) is 0 Å². The lowest BCUT2D eigenvalue weighted by atomic mass is 10.4. The predicted molar refractivity (Wildman–Crippen MR) is 27.7 cm³/mol. The molecule has 1 N–H and O–H groups in total. The number of rotatable bonds is 2. The Kier molecular flexibility index (Phi) is 2.95. The molecule has 4 heteroatoms. The smallest absolute Gasteiger partial charge is 0.259 e. The van der Waals surface area contributed by atoms with E-state index in [1.165, 1.54) is 6.92 Å². The van der Waals surface area contributed by atoms with Gasteiger partial charge in [-0.1, -0.05) is 12.8 Å². The summed E-state index contributed by atoms with van der Waals surface area (Å²) >= 11 is 3.44. The predicted octanol–water partition coefficient (Wildman–Crippen LogP) is 0.305. The number of hydrogen-bond acceptors (Lipinski definition) is 3. The van der Waals surface area contributed by atoms with Crippen LogP contribution in [-0.2, 0) is 4.79 Å². The molecule has 2 nitrogen and oxygen atoms in total. The van der Waals surface area contributed by atoms with Crippen molar-refractivity contribution in [3.05, 3.63) is 0 Å². The van der Waals surface area contributed by atoms with Crippen molar-refractivity contribution >= 4 is 18.9 Å². The zero-order valence-corrected chi connectivity index (χ0v) is 4.71. The van der Waals surface area contributed by atoms with E-state index in [2.05, 4.69) is 17.5 Å². The van der Waals surface area contributed by atoms with Crippen molar-refractivity contribution in [3.63, 3.8) is 0 Å². The van der Waals surface area contributed by atoms with Gasteiger partial charge in [-0.3, -0.25) is 9.52 Å². The molecule has 0 aromatic rings. The van der Waals surface area contributed by atoms with Gasteiger partial charge in [-0.05, 0) is 6.92 Å². The molecule has 0 saturated carbocycles. The van der Waals surface area contributed by atoms with Gasteiger partial charge < -0.3 is 0 Å². The zero-order valence-electron chi connectivity index (χ0n) is 3.81. The lowest BCUT2D eigenvalue weighted by Crippen LogP contribution is -2.23. The minimum absolute atomic E-state index is 0.789. The summed E-state index contributed by atoms with van der Waals surface area (Å²) in [6, 6.07) is -2.18. The second-order valence-electron chi connectivity index (χ2n) is 1.15. The van der Waals surface area contributed by atoms with E-state index in [1.54, 1.807) is 0 Å². The lowest BCUT2D eigenvalue weighted by Gasteiger charge is -1.96. The molecule has 0 fully saturated rings. The van der Waals surface area contributed by atoms with Crippen LogP contribution in [0.4, 0.5) is 4.39 Å². The fourth-order valence-electron chi connectivity index (χ4n) is 0.0507. The van der Waals surface area contributed by atoms with Crippen molar-refractivity contribution in [2.24, 2.45) is 0 Å². The molecule has 0 aliphatic rings. The monoisotopic (exact) mass is 123 g/mol. The summed E-state index contributed by atoms with van der Waals surface area (Å²) in [5.74, 6) is 0. The van der Waals surface area contributed by atoms with Crippen LogP contribution < -0.4 is 4.72 Å². The maximum absolute atomic E-state index is 11.3. The van der Waals surface area contributed by atoms with Crippen LogP contribution in [0.15, 0.2) is 0 Å². The number of hydrogen-bond donors (Lipinski definition) is 2. The topological polar surface area (TPSA) is 29.1 Å². The second kappa shape index (κ2) is 2.98. The highest BCUT2D eigenvalue weighted by Crippen LogP contribution is 1.84. The molecular formula is C3H6FNOS. The van der Waals surface area contributed by atoms with Crippen molar-refractivity contribution in [2.45, 2.75) is 13.0 Å². The van der Waals surface area contributed by atoms with Gasteiger partial charge in [-0.25, -0.2) is 0 Å². The lowest BCUT2D eigenvalue weighted by molar-refractivity contribution is -0.130. The number of thiol groups is 1. The van der Waals surface area contributed by atoms with Gasteiger partial charge in [-0.15, -0.1) is 0 Å². The summed E-state index contributed by atoms with van der Waals surface area (Å²) < 4.78 is 13.5. The van der Waals surface area contributed by atoms with Crippen LogP contribution in [0.25, 0.3) is 0 Å². The fourth-order valence-corrected chi connectivity index (χ4v) is 0.152. The van der Waals surface area contributed by atoms with Crippen LogP contribution in [-0.4, -0.2) is 12.1 Å². The third kappa shape index (κ3) is 2.59. The summed E-state index contributed by atoms with van der Waals surface area (Å²) in [6.07, 6.45) is 0. The third-order valence-corrected chi connectivity index (χ3v) is 0.921. The van der Waals surface area contributed by atoms with Crippen molar-refractivity contribution in [2.75, 3.05) is 0 Å². The Morgan fingerprint density at radius 2 is 2.43 bits per heavy atom. The van der Waals surface area contributed by atoms with Gasteiger partial charge in [0.15, 0.2) is 0 Å². The van der Waals surface area contributed by atoms with E-state index < -0.39 is 12.1 Å². The van der Waals surface area contributed by atoms with Crippen LogP contribution in [0.3, 0.4) is 0 Å². The number of halogens is 1. The quantitative estimate of drug-likeness (QED) is 0.408. The first-order valence-corrected chi connectivity index (χ1v) is 2.22. The molecule has 0 aromatic heterocycles. The molecule has 1 unspecified atom stereocenters. The molecule has 0 spiro atoms. The fraction of sp³-hybridized carbons (Fsp3) is 0.667. The van der Waals surface area contributed by atoms with E-state index >= 15 is 0 Å². The van der Waals surface area contributed by atoms with E-state index in [4.69, 9.17) is 0 Å². The van der Waals surface area contributed by atoms with Crippen LogP contribution >= 0.6 is 12.8 Å². The highest BCUT2D eigenvalue weighted by atomic mass is 32.1. The first-order valence-electron chi connectivity index (χ1n) is 1.77. The van der Waals surface area contributed by atoms with E-state index in [0.717, 1.165) is 0 Å². The maximum Gasteiger partial charge on any atom is 0.318 e. The maximum atomic E-state index is 11.3. The molecule has 0 radical (unpaired) electrons. The van der Waals surface area contributed by atoms with Crippen LogP contribution in [0.1, 0.15) is 6.92 Å². The minimum Gasteiger partial charge on any atom is -0.259 e. The van der Waals surface area contributed by atoms with Crippen LogP contribution in [0.5, 0.6) is 0 Å². The number of nitrogens with one attached hydrogen (secondary N) is 1. The van der Waals surface area contributed by atoms with Crippen molar-refractivity contribution in [1.82, 2.24) is 4.72 Å². The minimum atomic E-state index is -1.39. The Balaban J connectivity index is 3.34. The molecule has 0 rings (SSSR count). The average Bonchev–Trinajstić information content (AvgIpc) is 1.65. The largest absolute Gasteiger partial charge is 0.318 e. The Bertz CT molecular complexity index is 77.3. The van der Waals surface area contributed by atoms with E-state index in [0.29, 0.717) is 0 Å². The molecule has 0 bridgehead atoms. The second-order valence-corrected chi connectivity index (χ2v) is 1.41. The van der Waals surface area contributed by atoms with Crippen molar-refractivity contribution in [3.8, 4) is 0 Å². The van der Waals surface area contributed by atoms with E-state index in [1.807, 2.05) is 0 Å². The van der Waals surface area contributed by atoms with E-state index in [9.17, 15) is 9.18 Å². The molecule has 0 saturated heterocycles. The molecule has 0 aliphatic heterocycles. The molecule has 0 aliphatic carbocycles. The molecule has 1 atom stereocenters. The van der Waals surface area contributed by atoms with Gasteiger partial charge in [0.05, 0.1) is 0 Å². The molecule has 7 heavy (non-hydrogen) atoms. The summed E-state index contributed by atoms with van der Waals surface area (Å²) in [5.41, 5.74) is 0. The molecular weight excluding hydrogens is 117 g/mol. The summed E-state index contributed by atoms with van der Waals surface area (Å²) in [5, 5.41) is 0. The molecule has 0 heterocycles. The Morgan fingerprint density at radius 1 is 2.00 bits per heavy atom. The van der Waals surface area contributed by atoms with Gasteiger partial charge in [0.2, 0.25) is 0 Å². The summed E-state index contributed by atoms with van der Waals surface area (Å²) in [4.78, 5) is 9.60. The van der Waals surface area contributed by atoms with Gasteiger partial charge >= 0.3 is 6.04 Å². The first kappa shape index (κ1) is 6.91. The van der Waals surface area contributed by atoms with Gasteiger partial charge in [-0.2, -0.15) is 4.39 Å². The average molecular weight is 123 g/mol. The highest BCUT2D eigenvalue weighted by molar-refractivity contribution is 7.78. The Labute approximate surface area is 46.6 Å². The highest BCUT2D eigenvalue weighted by Gasteiger charge is 2.06. The zero-order chi connectivity index (χ0) is 5.86. The Morgan fingerprint density at radius 3 is 2.43 bits per heavy atom. The third-order valence-electron chi connectivity index (χ3n) is 0.534. The Hall–Kier alpha value is -0.0900. The SMILES string of the molecule is CC(NS)C(=O)F. The summed E-state index contributed by atoms with van der Waals surface area (Å²) in [6.45, 7) is 1.38.